The molecule has 0 saturated carbocycles. The third-order valence-corrected chi connectivity index (χ3v) is 6.08. The molecular weight excluding hydrogens is 537 g/mol. The van der Waals surface area contributed by atoms with Gasteiger partial charge in [-0.15, -0.1) is 0 Å². The number of ether oxygens (including phenoxy) is 4. The Morgan fingerprint density at radius 3 is 1.98 bits per heavy atom. The van der Waals surface area contributed by atoms with Crippen molar-refractivity contribution in [3.8, 4) is 11.4 Å². The molecule has 15 heteroatoms. The van der Waals surface area contributed by atoms with Gasteiger partial charge in [-0.1, -0.05) is 13.8 Å². The highest BCUT2D eigenvalue weighted by Crippen LogP contribution is 2.38. The first-order chi connectivity index (χ1) is 19.0. The Labute approximate surface area is 228 Å². The molecule has 0 spiro atoms. The van der Waals surface area contributed by atoms with Crippen LogP contribution in [0.3, 0.4) is 0 Å². The zero-order valence-corrected chi connectivity index (χ0v) is 22.4. The quantitative estimate of drug-likeness (QED) is 0.390. The summed E-state index contributed by atoms with van der Waals surface area (Å²) in [5.74, 6) is -0.685. The van der Waals surface area contributed by atoms with Crippen molar-refractivity contribution in [3.63, 3.8) is 0 Å². The molecule has 2 aromatic rings. The number of hydrogen-bond acceptors (Lipinski definition) is 11. The molecule has 4 rings (SSSR count). The first-order valence-corrected chi connectivity index (χ1v) is 12.8. The van der Waals surface area contributed by atoms with Crippen LogP contribution >= 0.6 is 0 Å². The predicted octanol–water partition coefficient (Wildman–Crippen LogP) is 3.32. The number of halogens is 3. The van der Waals surface area contributed by atoms with Crippen molar-refractivity contribution in [1.29, 1.82) is 0 Å². The summed E-state index contributed by atoms with van der Waals surface area (Å²) in [6.45, 7) is 8.48. The van der Waals surface area contributed by atoms with Gasteiger partial charge in [0.25, 0.3) is 0 Å². The molecule has 0 aliphatic carbocycles. The molecule has 4 heterocycles. The maximum atomic E-state index is 14.3. The molecule has 2 aliphatic heterocycles. The van der Waals surface area contributed by atoms with Gasteiger partial charge in [-0.05, 0) is 6.07 Å². The van der Waals surface area contributed by atoms with Gasteiger partial charge in [0, 0.05) is 45.4 Å². The SMILES string of the molecule is CC(OC(=O)Nc1cc(C(F)(F)F)c(-c2nc(N3CCOCC3)cc(N3CCOCC3)n2)cn1)OC(=O)C(C)C. The number of esters is 1. The van der Waals surface area contributed by atoms with Gasteiger partial charge >= 0.3 is 18.2 Å². The zero-order valence-electron chi connectivity index (χ0n) is 22.4. The fraction of sp³-hybridized carbons (Fsp3) is 0.560. The number of alkyl halides is 3. The Balaban J connectivity index is 1.64. The van der Waals surface area contributed by atoms with Crippen molar-refractivity contribution in [2.45, 2.75) is 33.2 Å². The molecule has 218 valence electrons. The highest BCUT2D eigenvalue weighted by atomic mass is 19.4. The minimum absolute atomic E-state index is 0.159. The Morgan fingerprint density at radius 1 is 0.925 bits per heavy atom. The summed E-state index contributed by atoms with van der Waals surface area (Å²) in [5, 5.41) is 2.14. The minimum Gasteiger partial charge on any atom is -0.425 e. The Morgan fingerprint density at radius 2 is 1.48 bits per heavy atom. The molecular formula is C25H31F3N6O6. The summed E-state index contributed by atoms with van der Waals surface area (Å²) in [6, 6.07) is 2.43. The summed E-state index contributed by atoms with van der Waals surface area (Å²) in [5.41, 5.74) is -1.44. The fourth-order valence-corrected chi connectivity index (χ4v) is 4.00. The summed E-state index contributed by atoms with van der Waals surface area (Å²) in [7, 11) is 0. The van der Waals surface area contributed by atoms with E-state index in [9.17, 15) is 22.8 Å². The number of nitrogens with zero attached hydrogens (tertiary/aromatic N) is 5. The maximum absolute atomic E-state index is 14.3. The third kappa shape index (κ3) is 7.47. The van der Waals surface area contributed by atoms with E-state index in [0.29, 0.717) is 70.3 Å². The number of carbonyl (C=O) groups excluding carboxylic acids is 2. The van der Waals surface area contributed by atoms with Gasteiger partial charge < -0.3 is 28.7 Å². The second kappa shape index (κ2) is 12.6. The molecule has 2 aliphatic rings. The van der Waals surface area contributed by atoms with Gasteiger partial charge in [-0.25, -0.2) is 19.7 Å². The number of hydrogen-bond donors (Lipinski definition) is 1. The van der Waals surface area contributed by atoms with E-state index >= 15 is 0 Å². The van der Waals surface area contributed by atoms with Crippen molar-refractivity contribution >= 4 is 29.5 Å². The molecule has 40 heavy (non-hydrogen) atoms. The highest BCUT2D eigenvalue weighted by Gasteiger charge is 2.36. The number of rotatable bonds is 7. The van der Waals surface area contributed by atoms with Crippen LogP contribution in [0.2, 0.25) is 0 Å². The molecule has 0 radical (unpaired) electrons. The predicted molar refractivity (Wildman–Crippen MR) is 137 cm³/mol. The molecule has 1 atom stereocenters. The maximum Gasteiger partial charge on any atom is 0.417 e. The van der Waals surface area contributed by atoms with E-state index < -0.39 is 41.8 Å². The number of aromatic nitrogens is 3. The molecule has 0 bridgehead atoms. The molecule has 2 fully saturated rings. The molecule has 2 saturated heterocycles. The lowest BCUT2D eigenvalue weighted by Crippen LogP contribution is -2.39. The Kier molecular flexibility index (Phi) is 9.25. The van der Waals surface area contributed by atoms with Crippen LogP contribution in [0.15, 0.2) is 18.3 Å². The number of morpholine rings is 2. The molecule has 1 N–H and O–H groups in total. The molecule has 12 nitrogen and oxygen atoms in total. The average Bonchev–Trinajstić information content (AvgIpc) is 2.93. The lowest BCUT2D eigenvalue weighted by Gasteiger charge is -2.31. The number of anilines is 3. The lowest BCUT2D eigenvalue weighted by molar-refractivity contribution is -0.168. The smallest absolute Gasteiger partial charge is 0.417 e. The molecule has 2 aromatic heterocycles. The van der Waals surface area contributed by atoms with Gasteiger partial charge in [0.2, 0.25) is 6.29 Å². The van der Waals surface area contributed by atoms with Gasteiger partial charge in [0.05, 0.1) is 43.5 Å². The van der Waals surface area contributed by atoms with Crippen LogP contribution in [-0.4, -0.2) is 85.9 Å². The second-order valence-electron chi connectivity index (χ2n) is 9.41. The number of nitrogens with one attached hydrogen (secondary N) is 1. The average molecular weight is 569 g/mol. The Hall–Kier alpha value is -3.72. The molecule has 0 aromatic carbocycles. The summed E-state index contributed by atoms with van der Waals surface area (Å²) >= 11 is 0. The van der Waals surface area contributed by atoms with Crippen LogP contribution in [0.25, 0.3) is 11.4 Å². The lowest BCUT2D eigenvalue weighted by atomic mass is 10.1. The van der Waals surface area contributed by atoms with E-state index in [4.69, 9.17) is 18.9 Å². The standard InChI is InChI=1S/C25H31F3N6O6/c1-15(2)23(35)39-16(3)40-24(36)30-19-12-18(25(26,27)28)17(14-29-19)22-31-20(33-4-8-37-9-5-33)13-21(32-22)34-6-10-38-11-7-34/h12-16H,4-11H2,1-3H3,(H,29,30,36). The number of amides is 1. The normalized spacial score (nSPS) is 17.0. The van der Waals surface area contributed by atoms with E-state index in [0.717, 1.165) is 6.20 Å². The van der Waals surface area contributed by atoms with Crippen LogP contribution in [0.1, 0.15) is 26.3 Å². The summed E-state index contributed by atoms with van der Waals surface area (Å²) in [6.07, 6.45) is -6.26. The first-order valence-electron chi connectivity index (χ1n) is 12.8. The van der Waals surface area contributed by atoms with E-state index in [1.54, 1.807) is 19.9 Å². The topological polar surface area (TPSA) is 128 Å². The van der Waals surface area contributed by atoms with Crippen molar-refractivity contribution in [3.05, 3.63) is 23.9 Å². The van der Waals surface area contributed by atoms with Crippen LogP contribution in [0, 0.1) is 5.92 Å². The largest absolute Gasteiger partial charge is 0.425 e. The van der Waals surface area contributed by atoms with Crippen LogP contribution in [0.4, 0.5) is 35.4 Å². The van der Waals surface area contributed by atoms with E-state index in [1.807, 2.05) is 9.80 Å². The van der Waals surface area contributed by atoms with Crippen molar-refractivity contribution in [1.82, 2.24) is 15.0 Å². The number of carbonyl (C=O) groups is 2. The van der Waals surface area contributed by atoms with Crippen molar-refractivity contribution in [2.75, 3.05) is 67.7 Å². The van der Waals surface area contributed by atoms with Crippen molar-refractivity contribution in [2.24, 2.45) is 5.92 Å². The molecule has 1 unspecified atom stereocenters. The summed E-state index contributed by atoms with van der Waals surface area (Å²) in [4.78, 5) is 40.7. The van der Waals surface area contributed by atoms with Crippen LogP contribution in [-0.2, 0) is 29.9 Å². The third-order valence-electron chi connectivity index (χ3n) is 6.08. The monoisotopic (exact) mass is 568 g/mol. The molecule has 1 amide bonds. The summed E-state index contributed by atoms with van der Waals surface area (Å²) < 4.78 is 63.4. The second-order valence-corrected chi connectivity index (χ2v) is 9.41. The minimum atomic E-state index is -4.82. The van der Waals surface area contributed by atoms with Crippen LogP contribution < -0.4 is 15.1 Å². The van der Waals surface area contributed by atoms with Gasteiger partial charge in [-0.3, -0.25) is 10.1 Å². The van der Waals surface area contributed by atoms with Crippen molar-refractivity contribution < 1.29 is 41.7 Å². The van der Waals surface area contributed by atoms with E-state index in [-0.39, 0.29) is 11.4 Å². The van der Waals surface area contributed by atoms with Crippen LogP contribution in [0.5, 0.6) is 0 Å². The fourth-order valence-electron chi connectivity index (χ4n) is 4.00. The zero-order chi connectivity index (χ0) is 28.9. The number of pyridine rings is 1. The Bertz CT molecular complexity index is 1170. The van der Waals surface area contributed by atoms with Gasteiger partial charge in [-0.2, -0.15) is 13.2 Å². The first kappa shape index (κ1) is 29.3. The van der Waals surface area contributed by atoms with Gasteiger partial charge in [0.1, 0.15) is 17.5 Å². The highest BCUT2D eigenvalue weighted by molar-refractivity contribution is 5.84. The van der Waals surface area contributed by atoms with E-state index in [2.05, 4.69) is 20.3 Å². The van der Waals surface area contributed by atoms with E-state index in [1.165, 1.54) is 6.92 Å². The van der Waals surface area contributed by atoms with Gasteiger partial charge in [0.15, 0.2) is 5.82 Å².